The van der Waals surface area contributed by atoms with E-state index in [0.29, 0.717) is 4.90 Å². The zero-order valence-electron chi connectivity index (χ0n) is 32.2. The van der Waals surface area contributed by atoms with Crippen LogP contribution in [-0.2, 0) is 45.3 Å². The fourth-order valence-corrected chi connectivity index (χ4v) is 18.1. The van der Waals surface area contributed by atoms with Crippen molar-refractivity contribution in [1.29, 1.82) is 0 Å². The largest absolute Gasteiger partial charge is 0.471 e. The Balaban J connectivity index is 1.72. The summed E-state index contributed by atoms with van der Waals surface area (Å²) in [5, 5.41) is 0. The van der Waals surface area contributed by atoms with Crippen molar-refractivity contribution in [3.05, 3.63) is 68.5 Å². The van der Waals surface area contributed by atoms with Crippen molar-refractivity contribution in [1.82, 2.24) is 14.2 Å². The molecule has 1 aromatic carbocycles. The Morgan fingerprint density at radius 3 is 2.15 bits per heavy atom. The number of nitrogens with zero attached hydrogens (tertiary/aromatic N) is 3. The lowest BCUT2D eigenvalue weighted by Gasteiger charge is -2.51. The molecular formula is C35H54F3N3O10Si2. The van der Waals surface area contributed by atoms with Crippen molar-refractivity contribution in [2.24, 2.45) is 0 Å². The predicted molar refractivity (Wildman–Crippen MR) is 193 cm³/mol. The van der Waals surface area contributed by atoms with Gasteiger partial charge < -0.3 is 36.9 Å². The molecule has 18 heteroatoms. The Labute approximate surface area is 310 Å². The van der Waals surface area contributed by atoms with Crippen molar-refractivity contribution in [3.63, 3.8) is 0 Å². The zero-order valence-corrected chi connectivity index (χ0v) is 34.2. The number of benzene rings is 1. The second kappa shape index (κ2) is 17.3. The minimum absolute atomic E-state index is 0.0286. The van der Waals surface area contributed by atoms with Crippen molar-refractivity contribution < 1.29 is 50.0 Å². The van der Waals surface area contributed by atoms with Crippen LogP contribution in [-0.4, -0.2) is 94.8 Å². The van der Waals surface area contributed by atoms with Gasteiger partial charge in [-0.3, -0.25) is 9.59 Å². The van der Waals surface area contributed by atoms with Gasteiger partial charge in [0, 0.05) is 19.2 Å². The van der Waals surface area contributed by atoms with Crippen LogP contribution >= 0.6 is 0 Å². The van der Waals surface area contributed by atoms with Gasteiger partial charge in [-0.25, -0.2) is 9.36 Å². The van der Waals surface area contributed by atoms with Gasteiger partial charge in [-0.1, -0.05) is 85.7 Å². The fraction of sp³-hybridized carbons (Fsp3) is 0.686. The molecule has 0 N–H and O–H groups in total. The molecule has 0 aliphatic carbocycles. The van der Waals surface area contributed by atoms with E-state index in [9.17, 15) is 27.6 Å². The first-order valence-electron chi connectivity index (χ1n) is 18.0. The number of carbonyl (C=O) groups excluding carboxylic acids is 1. The fourth-order valence-electron chi connectivity index (χ4n) is 6.85. The van der Waals surface area contributed by atoms with E-state index >= 15 is 0 Å². The van der Waals surface area contributed by atoms with Crippen LogP contribution in [0.25, 0.3) is 0 Å². The molecule has 0 spiro atoms. The summed E-state index contributed by atoms with van der Waals surface area (Å²) >= 11 is 0. The minimum atomic E-state index is -5.06. The molecule has 53 heavy (non-hydrogen) atoms. The number of ether oxygens (including phenoxy) is 3. The number of hydrogen-bond donors (Lipinski definition) is 0. The van der Waals surface area contributed by atoms with E-state index in [1.54, 1.807) is 0 Å². The van der Waals surface area contributed by atoms with Crippen molar-refractivity contribution in [2.45, 2.75) is 129 Å². The molecule has 3 heterocycles. The summed E-state index contributed by atoms with van der Waals surface area (Å²) in [6.45, 7) is 17.0. The monoisotopic (exact) mass is 789 g/mol. The number of alkyl halides is 3. The molecule has 1 amide bonds. The maximum Gasteiger partial charge on any atom is 0.471 e. The van der Waals surface area contributed by atoms with E-state index in [0.717, 1.165) is 21.9 Å². The van der Waals surface area contributed by atoms with E-state index in [1.807, 2.05) is 58.0 Å². The Hall–Kier alpha value is -2.85. The third-order valence-corrected chi connectivity index (χ3v) is 20.0. The summed E-state index contributed by atoms with van der Waals surface area (Å²) in [4.78, 5) is 45.3. The van der Waals surface area contributed by atoms with Gasteiger partial charge in [0.1, 0.15) is 25.0 Å². The van der Waals surface area contributed by atoms with Gasteiger partial charge in [0.15, 0.2) is 0 Å². The summed E-state index contributed by atoms with van der Waals surface area (Å²) in [5.41, 5.74) is -0.478. The highest BCUT2D eigenvalue weighted by molar-refractivity contribution is 6.84. The standard InChI is InChI=1S/C35H54F3N3O10Si2/c1-22(2)52(23(3)4)47-20-28-29(50-53(51-52,24(5)6)25(7)8)30(46-17-16-39(10)33(43)35(36,37)38)32(48-28)49-41-18-26(9)31(42)40(34(41)44)21-45-19-27-14-12-11-13-15-27/h11-15,18,22-25,28-30,32H,16-17,19-21H2,1-10H3/t28-,29-,30-,32+/m1/s1. The highest BCUT2D eigenvalue weighted by Crippen LogP contribution is 2.47. The number of likely N-dealkylation sites (N-methyl/N-ethyl adjacent to an activating group) is 1. The van der Waals surface area contributed by atoms with Crippen LogP contribution in [0.3, 0.4) is 0 Å². The summed E-state index contributed by atoms with van der Waals surface area (Å²) in [5.74, 6) is -2.02. The first-order chi connectivity index (χ1) is 24.7. The number of aromatic nitrogens is 2. The molecule has 0 bridgehead atoms. The topological polar surface area (TPSA) is 129 Å². The van der Waals surface area contributed by atoms with Gasteiger partial charge in [0.2, 0.25) is 0 Å². The molecule has 2 fully saturated rings. The molecule has 0 radical (unpaired) electrons. The molecule has 2 aliphatic heterocycles. The van der Waals surface area contributed by atoms with Crippen molar-refractivity contribution >= 4 is 23.0 Å². The number of hydrogen-bond acceptors (Lipinski definition) is 10. The summed E-state index contributed by atoms with van der Waals surface area (Å²) < 4.78 is 80.8. The molecule has 298 valence electrons. The normalized spacial score (nSPS) is 23.0. The molecule has 2 aliphatic rings. The first-order valence-corrected chi connectivity index (χ1v) is 21.9. The van der Waals surface area contributed by atoms with Crippen LogP contribution < -0.4 is 16.1 Å². The van der Waals surface area contributed by atoms with Crippen LogP contribution in [0.5, 0.6) is 0 Å². The van der Waals surface area contributed by atoms with Crippen LogP contribution in [0.1, 0.15) is 66.5 Å². The quantitative estimate of drug-likeness (QED) is 0.241. The van der Waals surface area contributed by atoms with Gasteiger partial charge in [-0.05, 0) is 34.7 Å². The molecule has 13 nitrogen and oxygen atoms in total. The van der Waals surface area contributed by atoms with E-state index in [1.165, 1.54) is 13.1 Å². The number of halogens is 3. The second-order valence-corrected chi connectivity index (χ2v) is 23.7. The third kappa shape index (κ3) is 9.34. The van der Waals surface area contributed by atoms with Gasteiger partial charge in [0.05, 0.1) is 26.0 Å². The van der Waals surface area contributed by atoms with Gasteiger partial charge in [-0.2, -0.15) is 13.2 Å². The number of carbonyl (C=O) groups is 1. The molecule has 4 rings (SSSR count). The van der Waals surface area contributed by atoms with Gasteiger partial charge in [-0.15, -0.1) is 4.73 Å². The molecule has 2 aromatic rings. The van der Waals surface area contributed by atoms with Crippen molar-refractivity contribution in [2.75, 3.05) is 26.8 Å². The van der Waals surface area contributed by atoms with E-state index in [4.69, 9.17) is 32.0 Å². The lowest BCUT2D eigenvalue weighted by atomic mass is 10.1. The average molecular weight is 790 g/mol. The van der Waals surface area contributed by atoms with Crippen LogP contribution in [0.2, 0.25) is 22.2 Å². The summed E-state index contributed by atoms with van der Waals surface area (Å²) in [6, 6.07) is 9.24. The number of fused-ring (bicyclic) bond motifs is 1. The highest BCUT2D eigenvalue weighted by Gasteiger charge is 2.62. The number of amides is 1. The Bertz CT molecular complexity index is 1640. The SMILES string of the molecule is Cc1cn(O[C@@H]2O[C@@H]3CO[Si](C(C)C)(C(C)C)O[Si](C(C)C)(C(C)C)O[C@H]3[C@H]2OCCN(C)C(=O)C(F)(F)F)c(=O)n(COCc2ccccc2)c1=O. The van der Waals surface area contributed by atoms with Crippen molar-refractivity contribution in [3.8, 4) is 0 Å². The van der Waals surface area contributed by atoms with E-state index in [-0.39, 0.29) is 54.3 Å². The van der Waals surface area contributed by atoms with Gasteiger partial charge >= 0.3 is 34.9 Å². The van der Waals surface area contributed by atoms with Crippen LogP contribution in [0.4, 0.5) is 13.2 Å². The predicted octanol–water partition coefficient (Wildman–Crippen LogP) is 5.01. The zero-order chi connectivity index (χ0) is 39.5. The molecule has 2 saturated heterocycles. The number of rotatable bonds is 14. The third-order valence-electron chi connectivity index (χ3n) is 9.79. The molecule has 0 unspecified atom stereocenters. The first kappa shape index (κ1) is 42.9. The number of aryl methyl sites for hydroxylation is 1. The average Bonchev–Trinajstić information content (AvgIpc) is 3.38. The van der Waals surface area contributed by atoms with Crippen LogP contribution in [0, 0.1) is 6.92 Å². The van der Waals surface area contributed by atoms with Crippen LogP contribution in [0.15, 0.2) is 46.1 Å². The maximum atomic E-state index is 13.7. The molecule has 1 aromatic heterocycles. The van der Waals surface area contributed by atoms with E-state index < -0.39 is 71.6 Å². The van der Waals surface area contributed by atoms with E-state index in [2.05, 4.69) is 27.7 Å². The lowest BCUT2D eigenvalue weighted by Crippen LogP contribution is -2.66. The highest BCUT2D eigenvalue weighted by atomic mass is 28.5. The maximum absolute atomic E-state index is 13.7. The van der Waals surface area contributed by atoms with Gasteiger partial charge in [0.25, 0.3) is 11.8 Å². The summed E-state index contributed by atoms with van der Waals surface area (Å²) in [7, 11) is -5.19. The minimum Gasteiger partial charge on any atom is -0.414 e. The molecule has 4 atom stereocenters. The Morgan fingerprint density at radius 2 is 1.58 bits per heavy atom. The molecule has 0 saturated carbocycles. The lowest BCUT2D eigenvalue weighted by molar-refractivity contribution is -0.190. The molecular weight excluding hydrogens is 736 g/mol. The Kier molecular flexibility index (Phi) is 14.0. The Morgan fingerprint density at radius 1 is 0.981 bits per heavy atom. The summed E-state index contributed by atoms with van der Waals surface area (Å²) in [6.07, 6.45) is -8.01. The smallest absolute Gasteiger partial charge is 0.414 e. The second-order valence-electron chi connectivity index (χ2n) is 14.9.